The molecule has 0 N–H and O–H groups in total. The molecule has 0 aromatic heterocycles. The molecule has 0 saturated carbocycles. The highest BCUT2D eigenvalue weighted by Crippen LogP contribution is 2.32. The molecule has 0 unspecified atom stereocenters. The van der Waals surface area contributed by atoms with Crippen molar-refractivity contribution in [3.05, 3.63) is 106 Å². The zero-order valence-electron chi connectivity index (χ0n) is 20.7. The SMILES string of the molecule is Cc1ccc(C(=O)OC[C@@H]2O[C@@H](Br)[C@H](OC(=O)c3ccc(C)cc3)[C@H]2OC(=O)c2ccc(C)cc2)cc1. The van der Waals surface area contributed by atoms with Gasteiger partial charge in [0.25, 0.3) is 0 Å². The van der Waals surface area contributed by atoms with Crippen molar-refractivity contribution in [2.24, 2.45) is 0 Å². The largest absolute Gasteiger partial charge is 0.459 e. The van der Waals surface area contributed by atoms with E-state index >= 15 is 0 Å². The lowest BCUT2D eigenvalue weighted by molar-refractivity contribution is -0.0435. The molecule has 192 valence electrons. The Morgan fingerprint density at radius 2 is 1.03 bits per heavy atom. The van der Waals surface area contributed by atoms with Gasteiger partial charge in [0.15, 0.2) is 17.2 Å². The maximum atomic E-state index is 13.0. The average molecular weight is 567 g/mol. The minimum absolute atomic E-state index is 0.209. The molecule has 0 bridgehead atoms. The van der Waals surface area contributed by atoms with Gasteiger partial charge >= 0.3 is 17.9 Å². The van der Waals surface area contributed by atoms with Crippen LogP contribution in [-0.4, -0.2) is 47.8 Å². The van der Waals surface area contributed by atoms with Crippen LogP contribution < -0.4 is 0 Å². The molecule has 0 radical (unpaired) electrons. The monoisotopic (exact) mass is 566 g/mol. The third-order valence-corrected chi connectivity index (χ3v) is 6.72. The van der Waals surface area contributed by atoms with Crippen LogP contribution in [-0.2, 0) is 18.9 Å². The predicted octanol–water partition coefficient (Wildman–Crippen LogP) is 5.34. The minimum Gasteiger partial charge on any atom is -0.459 e. The molecule has 1 fully saturated rings. The first-order chi connectivity index (χ1) is 17.7. The lowest BCUT2D eigenvalue weighted by Crippen LogP contribution is -2.41. The fourth-order valence-electron chi connectivity index (χ4n) is 3.77. The Balaban J connectivity index is 1.52. The second-order valence-electron chi connectivity index (χ2n) is 8.96. The van der Waals surface area contributed by atoms with Crippen molar-refractivity contribution in [2.45, 2.75) is 44.1 Å². The maximum Gasteiger partial charge on any atom is 0.338 e. The Hall–Kier alpha value is -3.49. The normalized spacial score (nSPS) is 20.8. The summed E-state index contributed by atoms with van der Waals surface area (Å²) in [6.45, 7) is 5.54. The molecule has 1 aliphatic heterocycles. The molecular weight excluding hydrogens is 540 g/mol. The Bertz CT molecular complexity index is 1250. The summed E-state index contributed by atoms with van der Waals surface area (Å²) in [4.78, 5) is 38.4. The van der Waals surface area contributed by atoms with Crippen molar-refractivity contribution in [3.63, 3.8) is 0 Å². The van der Waals surface area contributed by atoms with Gasteiger partial charge in [-0.1, -0.05) is 69.0 Å². The third kappa shape index (κ3) is 6.64. The van der Waals surface area contributed by atoms with Crippen LogP contribution in [0.2, 0.25) is 0 Å². The van der Waals surface area contributed by atoms with Crippen LogP contribution in [0.1, 0.15) is 47.8 Å². The van der Waals surface area contributed by atoms with E-state index in [0.29, 0.717) is 16.7 Å². The third-order valence-electron chi connectivity index (χ3n) is 5.98. The van der Waals surface area contributed by atoms with Crippen LogP contribution in [0.3, 0.4) is 0 Å². The molecule has 7 nitrogen and oxygen atoms in total. The van der Waals surface area contributed by atoms with Crippen molar-refractivity contribution in [1.29, 1.82) is 0 Å². The summed E-state index contributed by atoms with van der Waals surface area (Å²) < 4.78 is 22.9. The van der Waals surface area contributed by atoms with E-state index in [1.165, 1.54) is 0 Å². The zero-order valence-corrected chi connectivity index (χ0v) is 22.3. The first kappa shape index (κ1) is 26.6. The summed E-state index contributed by atoms with van der Waals surface area (Å²) in [6.07, 6.45) is -2.88. The first-order valence-corrected chi connectivity index (χ1v) is 12.7. The van der Waals surface area contributed by atoms with E-state index in [2.05, 4.69) is 15.9 Å². The van der Waals surface area contributed by atoms with Gasteiger partial charge in [-0.15, -0.1) is 0 Å². The average Bonchev–Trinajstić information content (AvgIpc) is 3.17. The Labute approximate surface area is 223 Å². The van der Waals surface area contributed by atoms with E-state index in [9.17, 15) is 14.4 Å². The molecule has 0 aliphatic carbocycles. The molecule has 4 atom stereocenters. The molecule has 8 heteroatoms. The van der Waals surface area contributed by atoms with Crippen molar-refractivity contribution < 1.29 is 33.3 Å². The van der Waals surface area contributed by atoms with Gasteiger partial charge in [0.2, 0.25) is 0 Å². The summed E-state index contributed by atoms with van der Waals surface area (Å²) in [5.74, 6) is -1.74. The van der Waals surface area contributed by atoms with E-state index in [-0.39, 0.29) is 6.61 Å². The summed E-state index contributed by atoms with van der Waals surface area (Å²) in [6, 6.07) is 20.8. The molecule has 3 aromatic carbocycles. The smallest absolute Gasteiger partial charge is 0.338 e. The van der Waals surface area contributed by atoms with Crippen molar-refractivity contribution >= 4 is 33.8 Å². The topological polar surface area (TPSA) is 88.1 Å². The van der Waals surface area contributed by atoms with Gasteiger partial charge in [-0.25, -0.2) is 14.4 Å². The highest BCUT2D eigenvalue weighted by Gasteiger charge is 2.49. The first-order valence-electron chi connectivity index (χ1n) is 11.8. The molecule has 4 rings (SSSR count). The number of rotatable bonds is 7. The van der Waals surface area contributed by atoms with E-state index < -0.39 is 41.2 Å². The molecule has 0 spiro atoms. The van der Waals surface area contributed by atoms with Crippen molar-refractivity contribution in [3.8, 4) is 0 Å². The van der Waals surface area contributed by atoms with Crippen LogP contribution in [0.5, 0.6) is 0 Å². The number of benzene rings is 3. The second-order valence-corrected chi connectivity index (χ2v) is 9.86. The number of esters is 3. The summed E-state index contributed by atoms with van der Waals surface area (Å²) in [7, 11) is 0. The maximum absolute atomic E-state index is 13.0. The number of halogens is 1. The van der Waals surface area contributed by atoms with E-state index in [1.807, 2.05) is 32.9 Å². The van der Waals surface area contributed by atoms with Gasteiger partial charge in [0.05, 0.1) is 16.7 Å². The second kappa shape index (κ2) is 11.7. The summed E-state index contributed by atoms with van der Waals surface area (Å²) in [5.41, 5.74) is 4.08. The number of carbonyl (C=O) groups excluding carboxylic acids is 3. The van der Waals surface area contributed by atoms with Gasteiger partial charge in [0.1, 0.15) is 12.7 Å². The van der Waals surface area contributed by atoms with Crippen LogP contribution in [0.4, 0.5) is 0 Å². The van der Waals surface area contributed by atoms with Gasteiger partial charge in [0, 0.05) is 0 Å². The molecule has 1 saturated heterocycles. The zero-order chi connectivity index (χ0) is 26.5. The Morgan fingerprint density at radius 1 is 0.649 bits per heavy atom. The standard InChI is InChI=1S/C29H27BrO7/c1-17-4-10-20(11-5-17)27(31)34-16-23-24(36-28(32)21-12-6-18(2)7-13-21)25(26(30)35-23)37-29(33)22-14-8-19(3)9-15-22/h4-15,23-26H,16H2,1-3H3/t23-,24-,25+,26+/m0/s1. The summed E-state index contributed by atoms with van der Waals surface area (Å²) >= 11 is 3.38. The molecule has 0 amide bonds. The number of hydrogen-bond acceptors (Lipinski definition) is 7. The van der Waals surface area contributed by atoms with E-state index in [0.717, 1.165) is 16.7 Å². The molecule has 3 aromatic rings. The molecule has 1 aliphatic rings. The van der Waals surface area contributed by atoms with Crippen molar-refractivity contribution in [1.82, 2.24) is 0 Å². The van der Waals surface area contributed by atoms with Gasteiger partial charge < -0.3 is 18.9 Å². The van der Waals surface area contributed by atoms with Gasteiger partial charge in [-0.05, 0) is 57.2 Å². The number of alkyl halides is 1. The number of carbonyl (C=O) groups is 3. The fourth-order valence-corrected chi connectivity index (χ4v) is 4.46. The number of ether oxygens (including phenoxy) is 4. The quantitative estimate of drug-likeness (QED) is 0.216. The predicted molar refractivity (Wildman–Crippen MR) is 140 cm³/mol. The fraction of sp³-hybridized carbons (Fsp3) is 0.276. The highest BCUT2D eigenvalue weighted by molar-refractivity contribution is 9.09. The van der Waals surface area contributed by atoms with Crippen LogP contribution in [0, 0.1) is 20.8 Å². The lowest BCUT2D eigenvalue weighted by Gasteiger charge is -2.23. The lowest BCUT2D eigenvalue weighted by atomic mass is 10.1. The molecular formula is C29H27BrO7. The van der Waals surface area contributed by atoms with Gasteiger partial charge in [-0.2, -0.15) is 0 Å². The van der Waals surface area contributed by atoms with E-state index in [1.54, 1.807) is 60.7 Å². The molecule has 37 heavy (non-hydrogen) atoms. The minimum atomic E-state index is -1.03. The van der Waals surface area contributed by atoms with Crippen molar-refractivity contribution in [2.75, 3.05) is 6.61 Å². The van der Waals surface area contributed by atoms with Crippen LogP contribution in [0.25, 0.3) is 0 Å². The Kier molecular flexibility index (Phi) is 8.41. The number of hydrogen-bond donors (Lipinski definition) is 0. The van der Waals surface area contributed by atoms with Gasteiger partial charge in [-0.3, -0.25) is 0 Å². The van der Waals surface area contributed by atoms with Crippen LogP contribution in [0.15, 0.2) is 72.8 Å². The van der Waals surface area contributed by atoms with E-state index in [4.69, 9.17) is 18.9 Å². The number of aryl methyl sites for hydroxylation is 3. The van der Waals surface area contributed by atoms with Crippen LogP contribution >= 0.6 is 15.9 Å². The molecule has 1 heterocycles. The highest BCUT2D eigenvalue weighted by atomic mass is 79.9. The summed E-state index contributed by atoms with van der Waals surface area (Å²) in [5, 5.41) is -0.791. The Morgan fingerprint density at radius 3 is 1.46 bits per heavy atom.